The van der Waals surface area contributed by atoms with Crippen LogP contribution in [0, 0.1) is 0 Å². The zero-order valence-corrected chi connectivity index (χ0v) is 11.6. The molecule has 0 aliphatic carbocycles. The Morgan fingerprint density at radius 1 is 1.56 bits per heavy atom. The molecular formula is C13H15Cl2NO2. The van der Waals surface area contributed by atoms with Crippen LogP contribution in [0.5, 0.6) is 0 Å². The fourth-order valence-electron chi connectivity index (χ4n) is 1.49. The molecule has 0 radical (unpaired) electrons. The van der Waals surface area contributed by atoms with Crippen LogP contribution in [0.4, 0.5) is 0 Å². The Balaban J connectivity index is 3.04. The highest BCUT2D eigenvalue weighted by molar-refractivity contribution is 6.42. The van der Waals surface area contributed by atoms with E-state index >= 15 is 0 Å². The molecule has 98 valence electrons. The molecule has 0 saturated heterocycles. The third-order valence-corrected chi connectivity index (χ3v) is 3.11. The summed E-state index contributed by atoms with van der Waals surface area (Å²) in [6.45, 7) is 6.12. The second-order valence-corrected chi connectivity index (χ2v) is 4.31. The first-order valence-corrected chi connectivity index (χ1v) is 6.32. The van der Waals surface area contributed by atoms with E-state index in [1.807, 2.05) is 0 Å². The van der Waals surface area contributed by atoms with E-state index in [2.05, 4.69) is 11.9 Å². The van der Waals surface area contributed by atoms with Gasteiger partial charge in [0.15, 0.2) is 0 Å². The summed E-state index contributed by atoms with van der Waals surface area (Å²) in [5.41, 5.74) is 0.601. The van der Waals surface area contributed by atoms with E-state index < -0.39 is 6.04 Å². The summed E-state index contributed by atoms with van der Waals surface area (Å²) >= 11 is 12.0. The summed E-state index contributed by atoms with van der Waals surface area (Å²) in [4.78, 5) is 11.9. The molecule has 1 atom stereocenters. The Morgan fingerprint density at radius 2 is 2.28 bits per heavy atom. The van der Waals surface area contributed by atoms with Gasteiger partial charge in [0.25, 0.3) is 0 Å². The third kappa shape index (κ3) is 3.73. The van der Waals surface area contributed by atoms with Gasteiger partial charge in [0.05, 0.1) is 16.7 Å². The lowest BCUT2D eigenvalue weighted by atomic mass is 10.1. The van der Waals surface area contributed by atoms with Crippen molar-refractivity contribution >= 4 is 29.2 Å². The Labute approximate surface area is 117 Å². The number of ether oxygens (including phenoxy) is 1. The maximum Gasteiger partial charge on any atom is 0.327 e. The monoisotopic (exact) mass is 287 g/mol. The van der Waals surface area contributed by atoms with Gasteiger partial charge in [-0.3, -0.25) is 5.32 Å². The lowest BCUT2D eigenvalue weighted by Gasteiger charge is -2.18. The normalized spacial score (nSPS) is 11.9. The van der Waals surface area contributed by atoms with Crippen LogP contribution in [-0.4, -0.2) is 19.1 Å². The number of hydrogen-bond donors (Lipinski definition) is 1. The van der Waals surface area contributed by atoms with Crippen LogP contribution >= 0.6 is 23.2 Å². The van der Waals surface area contributed by atoms with Crippen molar-refractivity contribution in [3.8, 4) is 0 Å². The van der Waals surface area contributed by atoms with Crippen LogP contribution in [0.3, 0.4) is 0 Å². The molecule has 0 bridgehead atoms. The van der Waals surface area contributed by atoms with Crippen LogP contribution in [0.25, 0.3) is 0 Å². The summed E-state index contributed by atoms with van der Waals surface area (Å²) in [6, 6.07) is 4.51. The SMILES string of the molecule is C=CCNC(C(=O)OCC)c1cccc(Cl)c1Cl. The van der Waals surface area contributed by atoms with Crippen molar-refractivity contribution in [1.29, 1.82) is 0 Å². The molecule has 1 N–H and O–H groups in total. The minimum atomic E-state index is -0.644. The predicted molar refractivity (Wildman–Crippen MR) is 74.0 cm³/mol. The van der Waals surface area contributed by atoms with Crippen LogP contribution < -0.4 is 5.32 Å². The second-order valence-electron chi connectivity index (χ2n) is 3.53. The molecular weight excluding hydrogens is 273 g/mol. The first-order valence-electron chi connectivity index (χ1n) is 5.56. The molecule has 18 heavy (non-hydrogen) atoms. The first kappa shape index (κ1) is 15.0. The largest absolute Gasteiger partial charge is 0.465 e. The van der Waals surface area contributed by atoms with E-state index in [0.29, 0.717) is 28.8 Å². The molecule has 1 aromatic carbocycles. The highest BCUT2D eigenvalue weighted by Crippen LogP contribution is 2.30. The van der Waals surface area contributed by atoms with Gasteiger partial charge in [-0.15, -0.1) is 6.58 Å². The van der Waals surface area contributed by atoms with Crippen molar-refractivity contribution in [2.45, 2.75) is 13.0 Å². The maximum atomic E-state index is 11.9. The van der Waals surface area contributed by atoms with E-state index in [0.717, 1.165) is 0 Å². The zero-order chi connectivity index (χ0) is 13.5. The minimum Gasteiger partial charge on any atom is -0.465 e. The van der Waals surface area contributed by atoms with Crippen LogP contribution in [0.1, 0.15) is 18.5 Å². The standard InChI is InChI=1S/C13H15Cl2NO2/c1-3-8-16-12(13(17)18-4-2)9-6-5-7-10(14)11(9)15/h3,5-7,12,16H,1,4,8H2,2H3. The number of hydrogen-bond acceptors (Lipinski definition) is 3. The Hall–Kier alpha value is -1.03. The smallest absolute Gasteiger partial charge is 0.327 e. The molecule has 3 nitrogen and oxygen atoms in total. The topological polar surface area (TPSA) is 38.3 Å². The molecule has 0 aliphatic heterocycles. The molecule has 0 aromatic heterocycles. The summed E-state index contributed by atoms with van der Waals surface area (Å²) in [5, 5.41) is 3.76. The molecule has 1 unspecified atom stereocenters. The molecule has 1 rings (SSSR count). The fraction of sp³-hybridized carbons (Fsp3) is 0.308. The van der Waals surface area contributed by atoms with Gasteiger partial charge in [0, 0.05) is 12.1 Å². The lowest BCUT2D eigenvalue weighted by molar-refractivity contribution is -0.145. The molecule has 1 aromatic rings. The van der Waals surface area contributed by atoms with Gasteiger partial charge < -0.3 is 4.74 Å². The molecule has 5 heteroatoms. The van der Waals surface area contributed by atoms with Crippen molar-refractivity contribution < 1.29 is 9.53 Å². The number of nitrogens with one attached hydrogen (secondary N) is 1. The number of carbonyl (C=O) groups excluding carboxylic acids is 1. The van der Waals surface area contributed by atoms with Gasteiger partial charge >= 0.3 is 5.97 Å². The average Bonchev–Trinajstić information content (AvgIpc) is 2.35. The fourth-order valence-corrected chi connectivity index (χ4v) is 1.91. The van der Waals surface area contributed by atoms with Gasteiger partial charge in [0.2, 0.25) is 0 Å². The summed E-state index contributed by atoms with van der Waals surface area (Å²) in [7, 11) is 0. The Kier molecular flexibility index (Phi) is 6.19. The number of esters is 1. The predicted octanol–water partition coefficient (Wildman–Crippen LogP) is 3.37. The number of benzene rings is 1. The molecule has 0 aliphatic rings. The Bertz CT molecular complexity index is 435. The molecule has 0 fully saturated rings. The van der Waals surface area contributed by atoms with Crippen molar-refractivity contribution in [2.75, 3.05) is 13.2 Å². The molecule has 0 saturated carbocycles. The van der Waals surface area contributed by atoms with Gasteiger partial charge in [-0.1, -0.05) is 41.4 Å². The van der Waals surface area contributed by atoms with E-state index in [-0.39, 0.29) is 5.97 Å². The Morgan fingerprint density at radius 3 is 2.89 bits per heavy atom. The highest BCUT2D eigenvalue weighted by Gasteiger charge is 2.24. The van der Waals surface area contributed by atoms with E-state index in [4.69, 9.17) is 27.9 Å². The summed E-state index contributed by atoms with van der Waals surface area (Å²) < 4.78 is 5.01. The van der Waals surface area contributed by atoms with Gasteiger partial charge in [-0.2, -0.15) is 0 Å². The maximum absolute atomic E-state index is 11.9. The van der Waals surface area contributed by atoms with Crippen LogP contribution in [0.15, 0.2) is 30.9 Å². The quantitative estimate of drug-likeness (QED) is 0.644. The zero-order valence-electron chi connectivity index (χ0n) is 10.1. The van der Waals surface area contributed by atoms with Crippen molar-refractivity contribution in [3.05, 3.63) is 46.5 Å². The van der Waals surface area contributed by atoms with E-state index in [9.17, 15) is 4.79 Å². The van der Waals surface area contributed by atoms with Crippen molar-refractivity contribution in [1.82, 2.24) is 5.32 Å². The van der Waals surface area contributed by atoms with E-state index in [1.165, 1.54) is 0 Å². The highest BCUT2D eigenvalue weighted by atomic mass is 35.5. The minimum absolute atomic E-state index is 0.309. The molecule has 0 amide bonds. The first-order chi connectivity index (χ1) is 8.61. The van der Waals surface area contributed by atoms with Gasteiger partial charge in [-0.05, 0) is 13.0 Å². The van der Waals surface area contributed by atoms with Gasteiger partial charge in [-0.25, -0.2) is 4.79 Å². The second kappa shape index (κ2) is 7.41. The van der Waals surface area contributed by atoms with Crippen molar-refractivity contribution in [3.63, 3.8) is 0 Å². The lowest BCUT2D eigenvalue weighted by Crippen LogP contribution is -2.30. The number of halogens is 2. The van der Waals surface area contributed by atoms with Crippen LogP contribution in [-0.2, 0) is 9.53 Å². The average molecular weight is 288 g/mol. The van der Waals surface area contributed by atoms with Gasteiger partial charge in [0.1, 0.15) is 6.04 Å². The van der Waals surface area contributed by atoms with E-state index in [1.54, 1.807) is 31.2 Å². The summed E-state index contributed by atoms with van der Waals surface area (Å²) in [5.74, 6) is -0.386. The molecule has 0 spiro atoms. The van der Waals surface area contributed by atoms with Crippen molar-refractivity contribution in [2.24, 2.45) is 0 Å². The van der Waals surface area contributed by atoms with Crippen LogP contribution in [0.2, 0.25) is 10.0 Å². The number of rotatable bonds is 6. The number of carbonyl (C=O) groups is 1. The molecule has 0 heterocycles. The summed E-state index contributed by atoms with van der Waals surface area (Å²) in [6.07, 6.45) is 1.66. The third-order valence-electron chi connectivity index (χ3n) is 2.28.